The molecule has 0 spiro atoms. The summed E-state index contributed by atoms with van der Waals surface area (Å²) in [7, 11) is 4.59. The van der Waals surface area contributed by atoms with Gasteiger partial charge in [-0.1, -0.05) is 33.9 Å². The van der Waals surface area contributed by atoms with Gasteiger partial charge in [-0.2, -0.15) is 0 Å². The molecule has 0 atom stereocenters. The molecule has 0 rings (SSSR count). The van der Waals surface area contributed by atoms with Gasteiger partial charge in [0.25, 0.3) is 0 Å². The maximum Gasteiger partial charge on any atom is 0.0572 e. The average Bonchev–Trinajstić information content (AvgIpc) is 1.25. The predicted molar refractivity (Wildman–Crippen MR) is 43.0 cm³/mol. The Bertz CT molecular complexity index is 63.5. The van der Waals surface area contributed by atoms with Crippen LogP contribution in [0.2, 0.25) is 18.1 Å². The molecule has 0 aromatic rings. The zero-order chi connectivity index (χ0) is 7.00. The largest absolute Gasteiger partial charge is 0.0754 e. The number of rotatable bonds is 0. The molecule has 0 saturated heterocycles. The second kappa shape index (κ2) is 1.90. The minimum Gasteiger partial charge on any atom is -0.0754 e. The molecule has 0 unspecified atom stereocenters. The minimum atomic E-state index is -1.36. The fourth-order valence-corrected chi connectivity index (χ4v) is 0. The Morgan fingerprint density at radius 3 is 1.25 bits per heavy atom. The van der Waals surface area contributed by atoms with Gasteiger partial charge in [-0.05, 0) is 5.04 Å². The molecule has 0 nitrogen and oxygen atoms in total. The summed E-state index contributed by atoms with van der Waals surface area (Å²) in [5.41, 5.74) is 0. The van der Waals surface area contributed by atoms with Gasteiger partial charge >= 0.3 is 0 Å². The molecule has 0 aliphatic rings. The van der Waals surface area contributed by atoms with Gasteiger partial charge < -0.3 is 0 Å². The highest BCUT2D eigenvalue weighted by atomic mass is 28.3. The summed E-state index contributed by atoms with van der Waals surface area (Å²) in [6, 6.07) is 0. The summed E-state index contributed by atoms with van der Waals surface area (Å²) >= 11 is 0. The molecular weight excluding hydrogens is 111 g/mol. The molecule has 0 N–H and O–H groups in total. The van der Waals surface area contributed by atoms with Crippen LogP contribution in [0.5, 0.6) is 0 Å². The van der Waals surface area contributed by atoms with Gasteiger partial charge in [0.2, 0.25) is 0 Å². The Morgan fingerprint density at radius 2 is 1.25 bits per heavy atom. The SMILES string of the molecule is [B][Si](C)(C)C(C)(C)C. The summed E-state index contributed by atoms with van der Waals surface area (Å²) in [6.45, 7) is 11.0. The second-order valence-electron chi connectivity index (χ2n) is 3.97. The van der Waals surface area contributed by atoms with Crippen LogP contribution in [0.25, 0.3) is 0 Å². The van der Waals surface area contributed by atoms with Crippen LogP contribution in [0.3, 0.4) is 0 Å². The summed E-state index contributed by atoms with van der Waals surface area (Å²) in [5, 5.41) is 0.354. The third-order valence-corrected chi connectivity index (χ3v) is 5.80. The highest BCUT2D eigenvalue weighted by Crippen LogP contribution is 2.32. The third kappa shape index (κ3) is 2.03. The van der Waals surface area contributed by atoms with Crippen molar-refractivity contribution in [3.63, 3.8) is 0 Å². The van der Waals surface area contributed by atoms with Gasteiger partial charge in [0, 0.05) is 7.94 Å². The summed E-state index contributed by atoms with van der Waals surface area (Å²) in [4.78, 5) is 0. The Labute approximate surface area is 55.0 Å². The molecule has 0 saturated carbocycles. The average molecular weight is 126 g/mol. The van der Waals surface area contributed by atoms with E-state index in [1.165, 1.54) is 0 Å². The normalized spacial score (nSPS) is 14.1. The maximum absolute atomic E-state index is 5.95. The van der Waals surface area contributed by atoms with E-state index < -0.39 is 7.94 Å². The predicted octanol–water partition coefficient (Wildman–Crippen LogP) is 2.16. The first-order valence-electron chi connectivity index (χ1n) is 3.04. The lowest BCUT2D eigenvalue weighted by Crippen LogP contribution is -2.37. The molecule has 0 amide bonds. The lowest BCUT2D eigenvalue weighted by Gasteiger charge is -2.33. The third-order valence-electron chi connectivity index (χ3n) is 1.93. The lowest BCUT2D eigenvalue weighted by molar-refractivity contribution is 0.735. The van der Waals surface area contributed by atoms with Crippen LogP contribution < -0.4 is 0 Å². The van der Waals surface area contributed by atoms with Gasteiger partial charge in [-0.25, -0.2) is 0 Å². The Balaban J connectivity index is 4.02. The molecule has 0 aromatic carbocycles. The quantitative estimate of drug-likeness (QED) is 0.436. The van der Waals surface area contributed by atoms with Crippen molar-refractivity contribution in [2.24, 2.45) is 0 Å². The molecule has 0 bridgehead atoms. The van der Waals surface area contributed by atoms with Crippen molar-refractivity contribution in [3.8, 4) is 0 Å². The summed E-state index contributed by atoms with van der Waals surface area (Å²) in [6.07, 6.45) is 0. The molecule has 0 aromatic heterocycles. The van der Waals surface area contributed by atoms with Crippen molar-refractivity contribution in [1.29, 1.82) is 0 Å². The second-order valence-corrected chi connectivity index (χ2v) is 8.92. The molecule has 0 heterocycles. The fraction of sp³-hybridized carbons (Fsp3) is 1.00. The van der Waals surface area contributed by atoms with Gasteiger partial charge in [0.15, 0.2) is 0 Å². The van der Waals surface area contributed by atoms with Gasteiger partial charge in [0.05, 0.1) is 7.44 Å². The topological polar surface area (TPSA) is 0 Å². The van der Waals surface area contributed by atoms with Crippen LogP contribution in [0.1, 0.15) is 20.8 Å². The minimum absolute atomic E-state index is 0.354. The van der Waals surface area contributed by atoms with Crippen molar-refractivity contribution in [2.75, 3.05) is 0 Å². The summed E-state index contributed by atoms with van der Waals surface area (Å²) in [5.74, 6) is 0. The van der Waals surface area contributed by atoms with E-state index in [9.17, 15) is 0 Å². The first kappa shape index (κ1) is 8.28. The zero-order valence-electron chi connectivity index (χ0n) is 6.58. The van der Waals surface area contributed by atoms with E-state index in [0.29, 0.717) is 5.04 Å². The first-order valence-corrected chi connectivity index (χ1v) is 6.12. The molecule has 0 aliphatic heterocycles. The van der Waals surface area contributed by atoms with Crippen molar-refractivity contribution < 1.29 is 0 Å². The highest BCUT2D eigenvalue weighted by Gasteiger charge is 2.28. The van der Waals surface area contributed by atoms with Crippen molar-refractivity contribution >= 4 is 15.4 Å². The maximum atomic E-state index is 5.95. The molecular formula is C6H15BSi. The molecule has 0 fully saturated rings. The lowest BCUT2D eigenvalue weighted by atomic mass is 10.2. The first-order chi connectivity index (χ1) is 3.25. The van der Waals surface area contributed by atoms with E-state index in [2.05, 4.69) is 33.9 Å². The van der Waals surface area contributed by atoms with Crippen LogP contribution in [0, 0.1) is 0 Å². The van der Waals surface area contributed by atoms with Gasteiger partial charge in [0.1, 0.15) is 0 Å². The molecule has 0 aliphatic carbocycles. The van der Waals surface area contributed by atoms with Crippen LogP contribution in [-0.4, -0.2) is 15.4 Å². The van der Waals surface area contributed by atoms with Crippen LogP contribution in [0.15, 0.2) is 0 Å². The van der Waals surface area contributed by atoms with E-state index in [-0.39, 0.29) is 0 Å². The van der Waals surface area contributed by atoms with E-state index in [1.807, 2.05) is 0 Å². The smallest absolute Gasteiger partial charge is 0.0572 e. The zero-order valence-corrected chi connectivity index (χ0v) is 7.58. The standard InChI is InChI=1S/C6H15BSi/c1-6(2,3)8(4,5)7/h1-5H3. The monoisotopic (exact) mass is 126 g/mol. The Hall–Kier alpha value is 0.282. The number of hydrogen-bond donors (Lipinski definition) is 0. The summed E-state index contributed by atoms with van der Waals surface area (Å²) < 4.78 is 0. The van der Waals surface area contributed by atoms with Crippen molar-refractivity contribution in [1.82, 2.24) is 0 Å². The molecule has 2 heteroatoms. The molecule has 2 radical (unpaired) electrons. The number of hydrogen-bond acceptors (Lipinski definition) is 0. The van der Waals surface area contributed by atoms with E-state index in [1.54, 1.807) is 0 Å². The highest BCUT2D eigenvalue weighted by molar-refractivity contribution is 7.17. The van der Waals surface area contributed by atoms with E-state index in [0.717, 1.165) is 0 Å². The van der Waals surface area contributed by atoms with Crippen LogP contribution in [0.4, 0.5) is 0 Å². The van der Waals surface area contributed by atoms with E-state index in [4.69, 9.17) is 7.44 Å². The Morgan fingerprint density at radius 1 is 1.12 bits per heavy atom. The van der Waals surface area contributed by atoms with E-state index >= 15 is 0 Å². The van der Waals surface area contributed by atoms with Crippen molar-refractivity contribution in [2.45, 2.75) is 38.9 Å². The van der Waals surface area contributed by atoms with Crippen LogP contribution >= 0.6 is 0 Å². The van der Waals surface area contributed by atoms with Crippen LogP contribution in [-0.2, 0) is 0 Å². The molecule has 46 valence electrons. The van der Waals surface area contributed by atoms with Gasteiger partial charge in [-0.3, -0.25) is 0 Å². The van der Waals surface area contributed by atoms with Crippen molar-refractivity contribution in [3.05, 3.63) is 0 Å². The van der Waals surface area contributed by atoms with Gasteiger partial charge in [-0.15, -0.1) is 0 Å². The molecule has 8 heavy (non-hydrogen) atoms. The fourth-order valence-electron chi connectivity index (χ4n) is 0. The Kier molecular flexibility index (Phi) is 1.97.